The summed E-state index contributed by atoms with van der Waals surface area (Å²) in [5, 5.41) is 22.6. The van der Waals surface area contributed by atoms with Gasteiger partial charge >= 0.3 is 0 Å². The van der Waals surface area contributed by atoms with Crippen LogP contribution in [0.5, 0.6) is 5.75 Å². The second-order valence-corrected chi connectivity index (χ2v) is 4.80. The van der Waals surface area contributed by atoms with E-state index in [0.29, 0.717) is 22.7 Å². The standard InChI is InChI=1S/C17H16N6O2/c1-25-15-9-5-4-8-13(15)21-17(24)11-6-2-3-7-12(11)22-23-14(10-18)16(19)20/h2-9,22H,1H3,(H3,19,20)(H,21,24)/b23-14+. The zero-order valence-corrected chi connectivity index (χ0v) is 13.4. The van der Waals surface area contributed by atoms with Crippen molar-refractivity contribution in [2.24, 2.45) is 10.8 Å². The van der Waals surface area contributed by atoms with Crippen LogP contribution in [0.25, 0.3) is 0 Å². The van der Waals surface area contributed by atoms with E-state index in [4.69, 9.17) is 21.1 Å². The van der Waals surface area contributed by atoms with Crippen molar-refractivity contribution in [3.8, 4) is 11.8 Å². The summed E-state index contributed by atoms with van der Waals surface area (Å²) in [4.78, 5) is 12.6. The Balaban J connectivity index is 2.27. The number of carbonyl (C=O) groups excluding carboxylic acids is 1. The fraction of sp³-hybridized carbons (Fsp3) is 0.0588. The highest BCUT2D eigenvalue weighted by atomic mass is 16.5. The highest BCUT2D eigenvalue weighted by molar-refractivity contribution is 6.45. The van der Waals surface area contributed by atoms with Crippen LogP contribution in [-0.2, 0) is 0 Å². The Morgan fingerprint density at radius 2 is 1.84 bits per heavy atom. The summed E-state index contributed by atoms with van der Waals surface area (Å²) in [5.74, 6) is -0.322. The molecule has 2 aromatic rings. The number of amidine groups is 1. The highest BCUT2D eigenvalue weighted by Crippen LogP contribution is 2.25. The lowest BCUT2D eigenvalue weighted by atomic mass is 10.1. The molecule has 0 aliphatic carbocycles. The second kappa shape index (κ2) is 8.12. The Morgan fingerprint density at radius 3 is 2.48 bits per heavy atom. The number of amides is 1. The highest BCUT2D eigenvalue weighted by Gasteiger charge is 2.13. The average molecular weight is 336 g/mol. The molecule has 0 saturated heterocycles. The molecule has 0 bridgehead atoms. The number of nitrogens with one attached hydrogen (secondary N) is 3. The summed E-state index contributed by atoms with van der Waals surface area (Å²) < 4.78 is 5.21. The number of anilines is 2. The molecule has 0 aliphatic rings. The quantitative estimate of drug-likeness (QED) is 0.364. The van der Waals surface area contributed by atoms with E-state index in [1.54, 1.807) is 54.6 Å². The number of methoxy groups -OCH3 is 1. The van der Waals surface area contributed by atoms with Gasteiger partial charge in [0.2, 0.25) is 5.71 Å². The number of hydrogen-bond acceptors (Lipinski definition) is 6. The zero-order valence-electron chi connectivity index (χ0n) is 13.4. The van der Waals surface area contributed by atoms with Gasteiger partial charge in [0, 0.05) is 0 Å². The molecule has 0 fully saturated rings. The molecule has 126 valence electrons. The molecule has 1 amide bonds. The van der Waals surface area contributed by atoms with Gasteiger partial charge in [0.25, 0.3) is 5.91 Å². The maximum absolute atomic E-state index is 12.6. The minimum Gasteiger partial charge on any atom is -0.495 e. The third-order valence-corrected chi connectivity index (χ3v) is 3.18. The van der Waals surface area contributed by atoms with Gasteiger partial charge < -0.3 is 15.8 Å². The Bertz CT molecular complexity index is 869. The van der Waals surface area contributed by atoms with Gasteiger partial charge in [-0.05, 0) is 24.3 Å². The lowest BCUT2D eigenvalue weighted by molar-refractivity contribution is 0.102. The molecule has 2 aromatic carbocycles. The Kier molecular flexibility index (Phi) is 5.68. The zero-order chi connectivity index (χ0) is 18.2. The first-order valence-corrected chi connectivity index (χ1v) is 7.18. The van der Waals surface area contributed by atoms with E-state index in [-0.39, 0.29) is 11.6 Å². The molecule has 0 heterocycles. The van der Waals surface area contributed by atoms with E-state index < -0.39 is 5.84 Å². The van der Waals surface area contributed by atoms with Crippen LogP contribution in [0.3, 0.4) is 0 Å². The minimum atomic E-state index is -0.467. The number of nitriles is 1. The van der Waals surface area contributed by atoms with Gasteiger partial charge in [-0.3, -0.25) is 15.6 Å². The van der Waals surface area contributed by atoms with Crippen molar-refractivity contribution in [2.45, 2.75) is 0 Å². The topological polar surface area (TPSA) is 136 Å². The molecule has 0 spiro atoms. The number of rotatable bonds is 6. The number of carbonyl (C=O) groups is 1. The van der Waals surface area contributed by atoms with Gasteiger partial charge in [-0.1, -0.05) is 24.3 Å². The molecule has 8 nitrogen and oxygen atoms in total. The SMILES string of the molecule is COc1ccccc1NC(=O)c1ccccc1N/N=C(\C#N)C(=N)N. The van der Waals surface area contributed by atoms with Crippen molar-refractivity contribution >= 4 is 28.8 Å². The Labute approximate surface area is 144 Å². The Hall–Kier alpha value is -3.86. The van der Waals surface area contributed by atoms with Crippen LogP contribution in [0, 0.1) is 16.7 Å². The van der Waals surface area contributed by atoms with E-state index in [9.17, 15) is 4.79 Å². The van der Waals surface area contributed by atoms with E-state index in [2.05, 4.69) is 15.8 Å². The third-order valence-electron chi connectivity index (χ3n) is 3.18. The van der Waals surface area contributed by atoms with Crippen molar-refractivity contribution in [3.63, 3.8) is 0 Å². The average Bonchev–Trinajstić information content (AvgIpc) is 2.62. The molecule has 0 aliphatic heterocycles. The minimum absolute atomic E-state index is 0.278. The van der Waals surface area contributed by atoms with Gasteiger partial charge in [0.05, 0.1) is 24.0 Å². The fourth-order valence-electron chi connectivity index (χ4n) is 1.98. The fourth-order valence-corrected chi connectivity index (χ4v) is 1.98. The number of benzene rings is 2. The second-order valence-electron chi connectivity index (χ2n) is 4.80. The van der Waals surface area contributed by atoms with Gasteiger partial charge in [-0.15, -0.1) is 0 Å². The summed E-state index contributed by atoms with van der Waals surface area (Å²) in [6, 6.07) is 15.3. The summed E-state index contributed by atoms with van der Waals surface area (Å²) >= 11 is 0. The lowest BCUT2D eigenvalue weighted by Crippen LogP contribution is -2.22. The van der Waals surface area contributed by atoms with E-state index in [1.807, 2.05) is 0 Å². The third kappa shape index (κ3) is 4.33. The number of nitrogens with zero attached hydrogens (tertiary/aromatic N) is 2. The summed E-state index contributed by atoms with van der Waals surface area (Å²) in [7, 11) is 1.51. The van der Waals surface area contributed by atoms with Crippen molar-refractivity contribution < 1.29 is 9.53 Å². The van der Waals surface area contributed by atoms with Gasteiger partial charge in [-0.25, -0.2) is 0 Å². The van der Waals surface area contributed by atoms with Gasteiger partial charge in [-0.2, -0.15) is 10.4 Å². The molecule has 0 atom stereocenters. The predicted molar refractivity (Wildman–Crippen MR) is 96.0 cm³/mol. The van der Waals surface area contributed by atoms with Crippen molar-refractivity contribution in [1.29, 1.82) is 10.7 Å². The molecule has 25 heavy (non-hydrogen) atoms. The maximum Gasteiger partial charge on any atom is 0.257 e. The van der Waals surface area contributed by atoms with Crippen molar-refractivity contribution in [2.75, 3.05) is 17.9 Å². The first-order valence-electron chi connectivity index (χ1n) is 7.18. The molecule has 2 rings (SSSR count). The molecule has 0 radical (unpaired) electrons. The Morgan fingerprint density at radius 1 is 1.20 bits per heavy atom. The molecule has 0 saturated carbocycles. The van der Waals surface area contributed by atoms with Gasteiger partial charge in [0.15, 0.2) is 5.84 Å². The van der Waals surface area contributed by atoms with Crippen LogP contribution in [0.2, 0.25) is 0 Å². The summed E-state index contributed by atoms with van der Waals surface area (Å²) in [6.07, 6.45) is 0. The largest absolute Gasteiger partial charge is 0.495 e. The van der Waals surface area contributed by atoms with E-state index in [0.717, 1.165) is 0 Å². The van der Waals surface area contributed by atoms with Crippen LogP contribution in [-0.4, -0.2) is 24.6 Å². The monoisotopic (exact) mass is 336 g/mol. The van der Waals surface area contributed by atoms with E-state index in [1.165, 1.54) is 7.11 Å². The van der Waals surface area contributed by atoms with Crippen LogP contribution < -0.4 is 21.2 Å². The smallest absolute Gasteiger partial charge is 0.257 e. The number of nitrogens with two attached hydrogens (primary N) is 1. The lowest BCUT2D eigenvalue weighted by Gasteiger charge is -2.12. The normalized spacial score (nSPS) is 10.5. The van der Waals surface area contributed by atoms with Crippen molar-refractivity contribution in [3.05, 3.63) is 54.1 Å². The summed E-state index contributed by atoms with van der Waals surface area (Å²) in [6.45, 7) is 0. The molecule has 0 aromatic heterocycles. The van der Waals surface area contributed by atoms with Crippen molar-refractivity contribution in [1.82, 2.24) is 0 Å². The van der Waals surface area contributed by atoms with Gasteiger partial charge in [0.1, 0.15) is 11.8 Å². The molecular formula is C17H16N6O2. The van der Waals surface area contributed by atoms with Crippen LogP contribution in [0.1, 0.15) is 10.4 Å². The predicted octanol–water partition coefficient (Wildman–Crippen LogP) is 2.17. The first kappa shape index (κ1) is 17.5. The number of para-hydroxylation sites is 3. The maximum atomic E-state index is 12.6. The van der Waals surface area contributed by atoms with Crippen LogP contribution in [0.4, 0.5) is 11.4 Å². The van der Waals surface area contributed by atoms with Crippen LogP contribution in [0.15, 0.2) is 53.6 Å². The summed E-state index contributed by atoms with van der Waals surface area (Å²) in [5.41, 5.74) is 8.75. The van der Waals surface area contributed by atoms with E-state index >= 15 is 0 Å². The molecular weight excluding hydrogens is 320 g/mol. The number of ether oxygens (including phenoxy) is 1. The first-order chi connectivity index (χ1) is 12.1. The molecule has 5 N–H and O–H groups in total. The number of hydrazone groups is 1. The molecule has 0 unspecified atom stereocenters. The number of hydrogen-bond donors (Lipinski definition) is 4. The van der Waals surface area contributed by atoms with Crippen LogP contribution >= 0.6 is 0 Å². The molecule has 8 heteroatoms.